The number of carbonyl (C=O) groups is 2. The maximum absolute atomic E-state index is 12.2. The number of benzene rings is 1. The van der Waals surface area contributed by atoms with Crippen LogP contribution in [0.5, 0.6) is 0 Å². The normalized spacial score (nSPS) is 13.0. The van der Waals surface area contributed by atoms with E-state index in [4.69, 9.17) is 0 Å². The number of aryl methyl sites for hydroxylation is 1. The topological polar surface area (TPSA) is 71.1 Å². The van der Waals surface area contributed by atoms with Crippen molar-refractivity contribution in [1.29, 1.82) is 0 Å². The first-order valence-electron chi connectivity index (χ1n) is 7.55. The Morgan fingerprint density at radius 2 is 1.74 bits per heavy atom. The molecule has 2 unspecified atom stereocenters. The zero-order chi connectivity index (χ0) is 16.8. The van der Waals surface area contributed by atoms with Gasteiger partial charge in [-0.2, -0.15) is 0 Å². The van der Waals surface area contributed by atoms with E-state index in [-0.39, 0.29) is 17.9 Å². The average molecular weight is 311 g/mol. The standard InChI is InChI=1S/C18H21N3O2/c1-12-5-4-6-16(11-12)18(23)21-14(3)17(22)20-13(2)15-7-9-19-10-8-15/h4-11,13-14H,1-3H3,(H,20,22)(H,21,23). The molecule has 2 aromatic rings. The number of carbonyl (C=O) groups excluding carboxylic acids is 2. The number of nitrogens with one attached hydrogen (secondary N) is 2. The van der Waals surface area contributed by atoms with Gasteiger partial charge in [0, 0.05) is 18.0 Å². The lowest BCUT2D eigenvalue weighted by molar-refractivity contribution is -0.123. The summed E-state index contributed by atoms with van der Waals surface area (Å²) in [5.74, 6) is -0.483. The van der Waals surface area contributed by atoms with Crippen LogP contribution in [0.4, 0.5) is 0 Å². The molecule has 0 aliphatic carbocycles. The van der Waals surface area contributed by atoms with Crippen LogP contribution in [0.25, 0.3) is 0 Å². The molecule has 1 heterocycles. The largest absolute Gasteiger partial charge is 0.348 e. The van der Waals surface area contributed by atoms with E-state index in [1.165, 1.54) is 0 Å². The minimum absolute atomic E-state index is 0.149. The van der Waals surface area contributed by atoms with E-state index in [0.29, 0.717) is 5.56 Å². The van der Waals surface area contributed by atoms with Crippen LogP contribution >= 0.6 is 0 Å². The summed E-state index contributed by atoms with van der Waals surface area (Å²) in [6.07, 6.45) is 3.36. The smallest absolute Gasteiger partial charge is 0.251 e. The molecule has 23 heavy (non-hydrogen) atoms. The van der Waals surface area contributed by atoms with E-state index in [2.05, 4.69) is 15.6 Å². The third-order valence-electron chi connectivity index (χ3n) is 3.59. The van der Waals surface area contributed by atoms with Gasteiger partial charge in [-0.25, -0.2) is 0 Å². The van der Waals surface area contributed by atoms with Gasteiger partial charge in [0.1, 0.15) is 6.04 Å². The summed E-state index contributed by atoms with van der Waals surface area (Å²) in [5, 5.41) is 5.60. The van der Waals surface area contributed by atoms with Crippen molar-refractivity contribution in [3.8, 4) is 0 Å². The van der Waals surface area contributed by atoms with E-state index >= 15 is 0 Å². The van der Waals surface area contributed by atoms with Gasteiger partial charge < -0.3 is 10.6 Å². The molecule has 1 aromatic carbocycles. The lowest BCUT2D eigenvalue weighted by atomic mass is 10.1. The number of amides is 2. The summed E-state index contributed by atoms with van der Waals surface area (Å²) in [7, 11) is 0. The fraction of sp³-hybridized carbons (Fsp3) is 0.278. The molecule has 2 amide bonds. The lowest BCUT2D eigenvalue weighted by Gasteiger charge is -2.18. The molecule has 0 saturated carbocycles. The highest BCUT2D eigenvalue weighted by Gasteiger charge is 2.18. The van der Waals surface area contributed by atoms with E-state index in [1.54, 1.807) is 31.5 Å². The Kier molecular flexibility index (Phi) is 5.46. The minimum atomic E-state index is -0.618. The number of aromatic nitrogens is 1. The Hall–Kier alpha value is -2.69. The highest BCUT2D eigenvalue weighted by atomic mass is 16.2. The maximum Gasteiger partial charge on any atom is 0.251 e. The van der Waals surface area contributed by atoms with Crippen molar-refractivity contribution in [3.63, 3.8) is 0 Å². The molecule has 2 atom stereocenters. The predicted octanol–water partition coefficient (Wildman–Crippen LogP) is 2.39. The fourth-order valence-corrected chi connectivity index (χ4v) is 2.21. The Balaban J connectivity index is 1.93. The summed E-state index contributed by atoms with van der Waals surface area (Å²) < 4.78 is 0. The second-order valence-electron chi connectivity index (χ2n) is 5.58. The van der Waals surface area contributed by atoms with Gasteiger partial charge in [0.15, 0.2) is 0 Å². The molecule has 0 bridgehead atoms. The van der Waals surface area contributed by atoms with Crippen molar-refractivity contribution in [1.82, 2.24) is 15.6 Å². The number of nitrogens with zero attached hydrogens (tertiary/aromatic N) is 1. The molecule has 5 heteroatoms. The van der Waals surface area contributed by atoms with Gasteiger partial charge in [-0.05, 0) is 50.6 Å². The van der Waals surface area contributed by atoms with Gasteiger partial charge in [-0.3, -0.25) is 14.6 Å². The average Bonchev–Trinajstić information content (AvgIpc) is 2.55. The van der Waals surface area contributed by atoms with Crippen molar-refractivity contribution >= 4 is 11.8 Å². The molecule has 0 aliphatic heterocycles. The van der Waals surface area contributed by atoms with Crippen molar-refractivity contribution in [2.45, 2.75) is 32.9 Å². The molecule has 0 saturated heterocycles. The third kappa shape index (κ3) is 4.64. The maximum atomic E-state index is 12.2. The minimum Gasteiger partial charge on any atom is -0.348 e. The monoisotopic (exact) mass is 311 g/mol. The molecular weight excluding hydrogens is 290 g/mol. The van der Waals surface area contributed by atoms with Crippen LogP contribution < -0.4 is 10.6 Å². The molecule has 5 nitrogen and oxygen atoms in total. The quantitative estimate of drug-likeness (QED) is 0.890. The molecule has 0 aliphatic rings. The highest BCUT2D eigenvalue weighted by Crippen LogP contribution is 2.10. The summed E-state index contributed by atoms with van der Waals surface area (Å²) in [4.78, 5) is 28.3. The summed E-state index contributed by atoms with van der Waals surface area (Å²) in [5.41, 5.74) is 2.51. The van der Waals surface area contributed by atoms with Crippen LogP contribution in [0.2, 0.25) is 0 Å². The van der Waals surface area contributed by atoms with Crippen LogP contribution in [-0.4, -0.2) is 22.8 Å². The van der Waals surface area contributed by atoms with Gasteiger partial charge in [-0.1, -0.05) is 17.7 Å². The van der Waals surface area contributed by atoms with E-state index in [0.717, 1.165) is 11.1 Å². The number of hydrogen-bond acceptors (Lipinski definition) is 3. The second kappa shape index (κ2) is 7.54. The first-order valence-corrected chi connectivity index (χ1v) is 7.55. The van der Waals surface area contributed by atoms with Crippen LogP contribution in [0.15, 0.2) is 48.8 Å². The van der Waals surface area contributed by atoms with Gasteiger partial charge in [-0.15, -0.1) is 0 Å². The molecule has 0 spiro atoms. The third-order valence-corrected chi connectivity index (χ3v) is 3.59. The summed E-state index contributed by atoms with van der Waals surface area (Å²) in [6.45, 7) is 5.48. The van der Waals surface area contributed by atoms with Crippen LogP contribution in [0, 0.1) is 6.92 Å². The number of hydrogen-bond donors (Lipinski definition) is 2. The SMILES string of the molecule is Cc1cccc(C(=O)NC(C)C(=O)NC(C)c2ccncc2)c1. The van der Waals surface area contributed by atoms with Gasteiger partial charge >= 0.3 is 0 Å². The van der Waals surface area contributed by atoms with Crippen molar-refractivity contribution in [3.05, 3.63) is 65.5 Å². The second-order valence-corrected chi connectivity index (χ2v) is 5.58. The molecular formula is C18H21N3O2. The molecule has 0 fully saturated rings. The van der Waals surface area contributed by atoms with E-state index in [1.807, 2.05) is 38.1 Å². The van der Waals surface area contributed by atoms with Crippen LogP contribution in [0.1, 0.15) is 41.4 Å². The van der Waals surface area contributed by atoms with Crippen LogP contribution in [-0.2, 0) is 4.79 Å². The molecule has 2 N–H and O–H groups in total. The molecule has 2 rings (SSSR count). The number of rotatable bonds is 5. The fourth-order valence-electron chi connectivity index (χ4n) is 2.21. The Morgan fingerprint density at radius 3 is 2.39 bits per heavy atom. The molecule has 120 valence electrons. The summed E-state index contributed by atoms with van der Waals surface area (Å²) in [6, 6.07) is 10.2. The first kappa shape index (κ1) is 16.7. The summed E-state index contributed by atoms with van der Waals surface area (Å²) >= 11 is 0. The lowest BCUT2D eigenvalue weighted by Crippen LogP contribution is -2.45. The molecule has 0 radical (unpaired) electrons. The Morgan fingerprint density at radius 1 is 1.04 bits per heavy atom. The molecule has 1 aromatic heterocycles. The zero-order valence-corrected chi connectivity index (χ0v) is 13.5. The van der Waals surface area contributed by atoms with Crippen molar-refractivity contribution in [2.24, 2.45) is 0 Å². The first-order chi connectivity index (χ1) is 11.0. The predicted molar refractivity (Wildman–Crippen MR) is 88.9 cm³/mol. The van der Waals surface area contributed by atoms with Gasteiger partial charge in [0.25, 0.3) is 5.91 Å². The highest BCUT2D eigenvalue weighted by molar-refractivity contribution is 5.97. The number of pyridine rings is 1. The Bertz CT molecular complexity index is 686. The van der Waals surface area contributed by atoms with Gasteiger partial charge in [0.2, 0.25) is 5.91 Å². The van der Waals surface area contributed by atoms with E-state index in [9.17, 15) is 9.59 Å². The van der Waals surface area contributed by atoms with Gasteiger partial charge in [0.05, 0.1) is 6.04 Å². The zero-order valence-electron chi connectivity index (χ0n) is 13.5. The van der Waals surface area contributed by atoms with Crippen molar-refractivity contribution in [2.75, 3.05) is 0 Å². The Labute approximate surface area is 136 Å². The van der Waals surface area contributed by atoms with Crippen molar-refractivity contribution < 1.29 is 9.59 Å². The van der Waals surface area contributed by atoms with E-state index < -0.39 is 6.04 Å². The van der Waals surface area contributed by atoms with Crippen LogP contribution in [0.3, 0.4) is 0 Å².